The van der Waals surface area contributed by atoms with Crippen LogP contribution in [0.15, 0.2) is 4.99 Å². The zero-order valence-corrected chi connectivity index (χ0v) is 13.0. The first-order valence-corrected chi connectivity index (χ1v) is 5.70. The van der Waals surface area contributed by atoms with Gasteiger partial charge in [-0.25, -0.2) is 13.8 Å². The quantitative estimate of drug-likeness (QED) is 0.402. The molecule has 1 unspecified atom stereocenters. The van der Waals surface area contributed by atoms with Crippen LogP contribution in [0.4, 0.5) is 8.78 Å². The molecule has 3 N–H and O–H groups in total. The molecule has 1 aliphatic rings. The van der Waals surface area contributed by atoms with E-state index in [1.54, 1.807) is 4.90 Å². The maximum Gasteiger partial charge on any atom is 0.255 e. The minimum absolute atomic E-state index is 0. The SMILES string of the molecule is CC1CN(C(N)=NCC(=O)NCC(F)F)CCO1.I. The number of morpholine rings is 1. The maximum atomic E-state index is 11.8. The molecular weight excluding hydrogens is 373 g/mol. The highest BCUT2D eigenvalue weighted by molar-refractivity contribution is 14.0. The number of carbonyl (C=O) groups excluding carboxylic acids is 1. The van der Waals surface area contributed by atoms with Crippen LogP contribution in [0.2, 0.25) is 0 Å². The summed E-state index contributed by atoms with van der Waals surface area (Å²) in [6.07, 6.45) is -2.50. The molecule has 9 heteroatoms. The first-order chi connectivity index (χ1) is 8.49. The number of ether oxygens (including phenoxy) is 1. The van der Waals surface area contributed by atoms with Gasteiger partial charge in [0.15, 0.2) is 5.96 Å². The van der Waals surface area contributed by atoms with E-state index in [1.165, 1.54) is 0 Å². The number of halogens is 3. The fraction of sp³-hybridized carbons (Fsp3) is 0.800. The van der Waals surface area contributed by atoms with Crippen LogP contribution >= 0.6 is 24.0 Å². The lowest BCUT2D eigenvalue weighted by molar-refractivity contribution is -0.120. The number of alkyl halides is 2. The number of aliphatic imine (C=N–C) groups is 1. The van der Waals surface area contributed by atoms with Crippen molar-refractivity contribution in [3.63, 3.8) is 0 Å². The van der Waals surface area contributed by atoms with Crippen molar-refractivity contribution in [2.75, 3.05) is 32.8 Å². The van der Waals surface area contributed by atoms with Gasteiger partial charge in [0.05, 0.1) is 19.3 Å². The first-order valence-electron chi connectivity index (χ1n) is 5.70. The van der Waals surface area contributed by atoms with Gasteiger partial charge < -0.3 is 20.7 Å². The Morgan fingerprint density at radius 3 is 2.89 bits per heavy atom. The van der Waals surface area contributed by atoms with E-state index >= 15 is 0 Å². The molecule has 0 saturated carbocycles. The molecule has 0 radical (unpaired) electrons. The molecule has 19 heavy (non-hydrogen) atoms. The Labute approximate surface area is 127 Å². The number of hydrogen-bond donors (Lipinski definition) is 2. The van der Waals surface area contributed by atoms with Crippen molar-refractivity contribution in [2.24, 2.45) is 10.7 Å². The summed E-state index contributed by atoms with van der Waals surface area (Å²) in [5.41, 5.74) is 5.71. The van der Waals surface area contributed by atoms with Gasteiger partial charge in [0.25, 0.3) is 6.43 Å². The van der Waals surface area contributed by atoms with Crippen molar-refractivity contribution in [2.45, 2.75) is 19.5 Å². The lowest BCUT2D eigenvalue weighted by Gasteiger charge is -2.31. The molecule has 1 atom stereocenters. The molecule has 0 aromatic rings. The first kappa shape index (κ1) is 18.3. The van der Waals surface area contributed by atoms with Crippen molar-refractivity contribution in [1.29, 1.82) is 0 Å². The number of nitrogens with zero attached hydrogens (tertiary/aromatic N) is 2. The topological polar surface area (TPSA) is 80.0 Å². The van der Waals surface area contributed by atoms with Crippen LogP contribution < -0.4 is 11.1 Å². The molecule has 0 aromatic heterocycles. The molecule has 1 aliphatic heterocycles. The molecule has 0 bridgehead atoms. The second kappa shape index (κ2) is 9.23. The van der Waals surface area contributed by atoms with Crippen LogP contribution in [-0.2, 0) is 9.53 Å². The van der Waals surface area contributed by atoms with E-state index in [2.05, 4.69) is 10.3 Å². The van der Waals surface area contributed by atoms with Gasteiger partial charge in [0.2, 0.25) is 5.91 Å². The van der Waals surface area contributed by atoms with Crippen molar-refractivity contribution in [3.05, 3.63) is 0 Å². The summed E-state index contributed by atoms with van der Waals surface area (Å²) in [6.45, 7) is 2.77. The summed E-state index contributed by atoms with van der Waals surface area (Å²) in [6, 6.07) is 0. The van der Waals surface area contributed by atoms with Crippen LogP contribution in [0.3, 0.4) is 0 Å². The average molecular weight is 392 g/mol. The van der Waals surface area contributed by atoms with E-state index in [4.69, 9.17) is 10.5 Å². The average Bonchev–Trinajstić information content (AvgIpc) is 2.33. The lowest BCUT2D eigenvalue weighted by atomic mass is 10.3. The number of guanidine groups is 1. The molecule has 0 aliphatic carbocycles. The summed E-state index contributed by atoms with van der Waals surface area (Å²) < 4.78 is 29.0. The van der Waals surface area contributed by atoms with Gasteiger partial charge in [0.1, 0.15) is 6.54 Å². The van der Waals surface area contributed by atoms with Crippen LogP contribution in [0.1, 0.15) is 6.92 Å². The second-order valence-corrected chi connectivity index (χ2v) is 4.00. The summed E-state index contributed by atoms with van der Waals surface area (Å²) in [7, 11) is 0. The minimum Gasteiger partial charge on any atom is -0.375 e. The third-order valence-electron chi connectivity index (χ3n) is 2.40. The number of nitrogens with two attached hydrogens (primary N) is 1. The molecule has 112 valence electrons. The van der Waals surface area contributed by atoms with Crippen LogP contribution in [0.5, 0.6) is 0 Å². The largest absolute Gasteiger partial charge is 0.375 e. The van der Waals surface area contributed by atoms with E-state index in [1.807, 2.05) is 6.92 Å². The molecule has 1 saturated heterocycles. The third-order valence-corrected chi connectivity index (χ3v) is 2.40. The molecule has 1 rings (SSSR count). The summed E-state index contributed by atoms with van der Waals surface area (Å²) in [5, 5.41) is 2.05. The second-order valence-electron chi connectivity index (χ2n) is 4.00. The minimum atomic E-state index is -2.56. The smallest absolute Gasteiger partial charge is 0.255 e. The lowest BCUT2D eigenvalue weighted by Crippen LogP contribution is -2.48. The molecule has 1 heterocycles. The van der Waals surface area contributed by atoms with E-state index < -0.39 is 18.9 Å². The van der Waals surface area contributed by atoms with Crippen molar-refractivity contribution in [3.8, 4) is 0 Å². The zero-order chi connectivity index (χ0) is 13.5. The fourth-order valence-electron chi connectivity index (χ4n) is 1.53. The number of nitrogens with one attached hydrogen (secondary N) is 1. The Balaban J connectivity index is 0.00000324. The van der Waals surface area contributed by atoms with Gasteiger partial charge >= 0.3 is 0 Å². The van der Waals surface area contributed by atoms with E-state index in [9.17, 15) is 13.6 Å². The summed E-state index contributed by atoms with van der Waals surface area (Å²) in [4.78, 5) is 16.8. The Hall–Kier alpha value is -0.710. The van der Waals surface area contributed by atoms with Gasteiger partial charge in [0, 0.05) is 13.1 Å². The molecule has 6 nitrogen and oxygen atoms in total. The highest BCUT2D eigenvalue weighted by Crippen LogP contribution is 2.03. The van der Waals surface area contributed by atoms with Gasteiger partial charge in [-0.15, -0.1) is 24.0 Å². The van der Waals surface area contributed by atoms with Crippen molar-refractivity contribution in [1.82, 2.24) is 10.2 Å². The highest BCUT2D eigenvalue weighted by Gasteiger charge is 2.18. The Morgan fingerprint density at radius 1 is 1.63 bits per heavy atom. The van der Waals surface area contributed by atoms with Crippen LogP contribution in [-0.4, -0.2) is 62.1 Å². The predicted octanol–water partition coefficient (Wildman–Crippen LogP) is 0.0211. The zero-order valence-electron chi connectivity index (χ0n) is 10.6. The Kier molecular flexibility index (Phi) is 8.89. The number of hydrogen-bond acceptors (Lipinski definition) is 3. The molecule has 0 aromatic carbocycles. The van der Waals surface area contributed by atoms with Gasteiger partial charge in [-0.05, 0) is 6.92 Å². The Morgan fingerprint density at radius 2 is 2.32 bits per heavy atom. The van der Waals surface area contributed by atoms with Crippen molar-refractivity contribution < 1.29 is 18.3 Å². The number of carbonyl (C=O) groups is 1. The molecule has 1 amide bonds. The summed E-state index contributed by atoms with van der Waals surface area (Å²) >= 11 is 0. The summed E-state index contributed by atoms with van der Waals surface area (Å²) in [5.74, 6) is -0.336. The van der Waals surface area contributed by atoms with Gasteiger partial charge in [-0.2, -0.15) is 0 Å². The predicted molar refractivity (Wildman–Crippen MR) is 77.9 cm³/mol. The van der Waals surface area contributed by atoms with E-state index in [0.29, 0.717) is 19.7 Å². The molecule has 0 spiro atoms. The number of amides is 1. The normalized spacial score (nSPS) is 20.1. The highest BCUT2D eigenvalue weighted by atomic mass is 127. The fourth-order valence-corrected chi connectivity index (χ4v) is 1.53. The van der Waals surface area contributed by atoms with Crippen LogP contribution in [0, 0.1) is 0 Å². The maximum absolute atomic E-state index is 11.8. The Bertz CT molecular complexity index is 318. The number of rotatable bonds is 4. The van der Waals surface area contributed by atoms with Gasteiger partial charge in [-0.1, -0.05) is 0 Å². The van der Waals surface area contributed by atoms with E-state index in [-0.39, 0.29) is 42.6 Å². The molecule has 1 fully saturated rings. The van der Waals surface area contributed by atoms with Gasteiger partial charge in [-0.3, -0.25) is 4.79 Å². The van der Waals surface area contributed by atoms with Crippen LogP contribution in [0.25, 0.3) is 0 Å². The molecular formula is C10H19F2IN4O2. The standard InChI is InChI=1S/C10H18F2N4O2.HI/c1-7-6-16(2-3-18-7)10(13)15-5-9(17)14-4-8(11)12;/h7-8H,2-6H2,1H3,(H2,13,15)(H,14,17);1H. The van der Waals surface area contributed by atoms with Crippen molar-refractivity contribution >= 4 is 35.8 Å². The monoisotopic (exact) mass is 392 g/mol. The third kappa shape index (κ3) is 7.45. The van der Waals surface area contributed by atoms with E-state index in [0.717, 1.165) is 0 Å².